The molecule has 2 N–H and O–H groups in total. The number of benzene rings is 1. The predicted octanol–water partition coefficient (Wildman–Crippen LogP) is 3.28. The molecule has 1 aromatic carbocycles. The third-order valence-corrected chi connectivity index (χ3v) is 5.22. The lowest BCUT2D eigenvalue weighted by Gasteiger charge is -2.33. The van der Waals surface area contributed by atoms with Crippen LogP contribution in [0.15, 0.2) is 23.3 Å². The summed E-state index contributed by atoms with van der Waals surface area (Å²) in [6, 6.07) is 3.57. The molecule has 1 saturated heterocycles. The number of nitrogens with one attached hydrogen (secondary N) is 1. The van der Waals surface area contributed by atoms with Crippen LogP contribution in [-0.4, -0.2) is 49.8 Å². The Balaban J connectivity index is 2.37. The van der Waals surface area contributed by atoms with Crippen molar-refractivity contribution in [3.63, 3.8) is 0 Å². The SMILES string of the molecule is CNC(=O)N(O)[C@H]1N(N=Cc2c(F)cccc2Cl)C(=S)SC1(C)C. The van der Waals surface area contributed by atoms with Gasteiger partial charge in [0.05, 0.1) is 16.0 Å². The molecule has 0 saturated carbocycles. The first-order chi connectivity index (χ1) is 11.2. The maximum Gasteiger partial charge on any atom is 0.343 e. The topological polar surface area (TPSA) is 68.2 Å². The standard InChI is InChI=1S/C14H16ClFN4O2S2/c1-14(2)11(20(22)12(21)17-3)19(13(23)24-14)18-7-8-9(15)5-4-6-10(8)16/h4-7,11,22H,1-3H3,(H,17,21)/t11-/m1/s1. The highest BCUT2D eigenvalue weighted by atomic mass is 35.5. The average molecular weight is 391 g/mol. The van der Waals surface area contributed by atoms with E-state index >= 15 is 0 Å². The molecule has 1 aromatic rings. The first kappa shape index (κ1) is 18.9. The summed E-state index contributed by atoms with van der Waals surface area (Å²) in [7, 11) is 1.39. The van der Waals surface area contributed by atoms with Gasteiger partial charge in [0.25, 0.3) is 0 Å². The Morgan fingerprint density at radius 3 is 2.88 bits per heavy atom. The summed E-state index contributed by atoms with van der Waals surface area (Å²) in [5.41, 5.74) is 0.0971. The van der Waals surface area contributed by atoms with Crippen molar-refractivity contribution in [2.24, 2.45) is 5.10 Å². The number of urea groups is 1. The molecule has 10 heteroatoms. The van der Waals surface area contributed by atoms with E-state index in [-0.39, 0.29) is 10.6 Å². The van der Waals surface area contributed by atoms with E-state index in [0.717, 1.165) is 0 Å². The third-order valence-electron chi connectivity index (χ3n) is 3.36. The zero-order chi connectivity index (χ0) is 18.1. The molecule has 0 bridgehead atoms. The highest BCUT2D eigenvalue weighted by Gasteiger charge is 2.49. The number of carbonyl (C=O) groups excluding carboxylic acids is 1. The lowest BCUT2D eigenvalue weighted by Crippen LogP contribution is -2.55. The van der Waals surface area contributed by atoms with Gasteiger partial charge in [0.15, 0.2) is 10.5 Å². The fourth-order valence-corrected chi connectivity index (χ4v) is 4.21. The van der Waals surface area contributed by atoms with Crippen LogP contribution in [0.5, 0.6) is 0 Å². The molecule has 1 aliphatic heterocycles. The molecule has 1 aliphatic rings. The van der Waals surface area contributed by atoms with E-state index < -0.39 is 22.8 Å². The second-order valence-electron chi connectivity index (χ2n) is 5.47. The monoisotopic (exact) mass is 390 g/mol. The summed E-state index contributed by atoms with van der Waals surface area (Å²) in [5, 5.41) is 18.7. The number of carbonyl (C=O) groups is 1. The van der Waals surface area contributed by atoms with Crippen LogP contribution in [-0.2, 0) is 0 Å². The van der Waals surface area contributed by atoms with Gasteiger partial charge in [-0.2, -0.15) is 10.2 Å². The van der Waals surface area contributed by atoms with E-state index in [9.17, 15) is 14.4 Å². The van der Waals surface area contributed by atoms with Gasteiger partial charge in [-0.05, 0) is 26.0 Å². The van der Waals surface area contributed by atoms with Crippen LogP contribution in [0.3, 0.4) is 0 Å². The number of hydrazone groups is 1. The van der Waals surface area contributed by atoms with Gasteiger partial charge in [-0.25, -0.2) is 14.2 Å². The maximum absolute atomic E-state index is 13.9. The molecular weight excluding hydrogens is 375 g/mol. The molecular formula is C14H16ClFN4O2S2. The highest BCUT2D eigenvalue weighted by molar-refractivity contribution is 8.24. The zero-order valence-corrected chi connectivity index (χ0v) is 15.5. The minimum absolute atomic E-state index is 0.0971. The van der Waals surface area contributed by atoms with Crippen LogP contribution in [0, 0.1) is 5.82 Å². The first-order valence-corrected chi connectivity index (χ1v) is 8.49. The minimum atomic E-state index is -0.864. The number of thioether (sulfide) groups is 1. The Morgan fingerprint density at radius 2 is 2.29 bits per heavy atom. The average Bonchev–Trinajstić information content (AvgIpc) is 2.73. The molecule has 0 radical (unpaired) electrons. The number of nitrogens with zero attached hydrogens (tertiary/aromatic N) is 3. The van der Waals surface area contributed by atoms with Gasteiger partial charge in [0.1, 0.15) is 5.82 Å². The quantitative estimate of drug-likeness (QED) is 0.359. The molecule has 1 heterocycles. The van der Waals surface area contributed by atoms with Crippen LogP contribution in [0.4, 0.5) is 9.18 Å². The van der Waals surface area contributed by atoms with E-state index in [0.29, 0.717) is 9.38 Å². The second kappa shape index (κ2) is 7.22. The van der Waals surface area contributed by atoms with Crippen molar-refractivity contribution in [1.82, 2.24) is 15.4 Å². The van der Waals surface area contributed by atoms with Gasteiger partial charge in [-0.1, -0.05) is 41.6 Å². The summed E-state index contributed by atoms with van der Waals surface area (Å²) < 4.78 is 13.6. The van der Waals surface area contributed by atoms with Gasteiger partial charge in [0, 0.05) is 12.6 Å². The fraction of sp³-hybridized carbons (Fsp3) is 0.357. The maximum atomic E-state index is 13.9. The second-order valence-corrected chi connectivity index (χ2v) is 8.16. The molecule has 0 aliphatic carbocycles. The van der Waals surface area contributed by atoms with Crippen LogP contribution in [0.2, 0.25) is 5.02 Å². The van der Waals surface area contributed by atoms with Crippen molar-refractivity contribution in [2.45, 2.75) is 24.8 Å². The smallest absolute Gasteiger partial charge is 0.339 e. The van der Waals surface area contributed by atoms with Crippen LogP contribution in [0.25, 0.3) is 0 Å². The Kier molecular flexibility index (Phi) is 5.69. The molecule has 0 unspecified atom stereocenters. The molecule has 2 rings (SSSR count). The summed E-state index contributed by atoms with van der Waals surface area (Å²) >= 11 is 12.5. The van der Waals surface area contributed by atoms with Crippen molar-refractivity contribution in [1.29, 1.82) is 0 Å². The van der Waals surface area contributed by atoms with Crippen molar-refractivity contribution < 1.29 is 14.4 Å². The Bertz CT molecular complexity index is 681. The number of hydrogen-bond acceptors (Lipinski definition) is 5. The summed E-state index contributed by atoms with van der Waals surface area (Å²) in [6.07, 6.45) is 0.355. The largest absolute Gasteiger partial charge is 0.343 e. The summed E-state index contributed by atoms with van der Waals surface area (Å²) in [6.45, 7) is 3.62. The molecule has 1 atom stereocenters. The highest BCUT2D eigenvalue weighted by Crippen LogP contribution is 2.42. The minimum Gasteiger partial charge on any atom is -0.339 e. The van der Waals surface area contributed by atoms with Crippen molar-refractivity contribution in [3.8, 4) is 0 Å². The lowest BCUT2D eigenvalue weighted by atomic mass is 10.1. The number of rotatable bonds is 3. The Morgan fingerprint density at radius 1 is 1.62 bits per heavy atom. The fourth-order valence-electron chi connectivity index (χ4n) is 2.21. The molecule has 1 fully saturated rings. The van der Waals surface area contributed by atoms with Crippen molar-refractivity contribution in [2.75, 3.05) is 7.05 Å². The summed E-state index contributed by atoms with van der Waals surface area (Å²) in [4.78, 5) is 11.8. The number of hydroxylamine groups is 2. The van der Waals surface area contributed by atoms with Gasteiger partial charge in [-0.3, -0.25) is 5.21 Å². The Hall–Kier alpha value is -1.42. The van der Waals surface area contributed by atoms with Crippen LogP contribution in [0.1, 0.15) is 19.4 Å². The Labute approximate surface area is 153 Å². The van der Waals surface area contributed by atoms with Gasteiger partial charge < -0.3 is 5.32 Å². The van der Waals surface area contributed by atoms with E-state index in [1.165, 1.54) is 48.2 Å². The van der Waals surface area contributed by atoms with Crippen LogP contribution < -0.4 is 5.32 Å². The van der Waals surface area contributed by atoms with E-state index in [4.69, 9.17) is 23.8 Å². The molecule has 2 amide bonds. The lowest BCUT2D eigenvalue weighted by molar-refractivity contribution is -0.117. The van der Waals surface area contributed by atoms with E-state index in [1.807, 2.05) is 13.8 Å². The van der Waals surface area contributed by atoms with Crippen molar-refractivity contribution >= 4 is 52.1 Å². The van der Waals surface area contributed by atoms with Crippen LogP contribution >= 0.6 is 35.6 Å². The van der Waals surface area contributed by atoms with E-state index in [1.54, 1.807) is 0 Å². The molecule has 0 spiro atoms. The normalized spacial score (nSPS) is 19.8. The van der Waals surface area contributed by atoms with Gasteiger partial charge in [0.2, 0.25) is 0 Å². The molecule has 24 heavy (non-hydrogen) atoms. The van der Waals surface area contributed by atoms with Crippen molar-refractivity contribution in [3.05, 3.63) is 34.6 Å². The molecule has 6 nitrogen and oxygen atoms in total. The van der Waals surface area contributed by atoms with Gasteiger partial charge >= 0.3 is 6.03 Å². The van der Waals surface area contributed by atoms with Gasteiger partial charge in [-0.15, -0.1) is 0 Å². The number of amides is 2. The number of thiocarbonyl (C=S) groups is 1. The number of hydrogen-bond donors (Lipinski definition) is 2. The first-order valence-electron chi connectivity index (χ1n) is 6.89. The molecule has 130 valence electrons. The zero-order valence-electron chi connectivity index (χ0n) is 13.2. The molecule has 0 aromatic heterocycles. The van der Waals surface area contributed by atoms with E-state index in [2.05, 4.69) is 10.4 Å². The third kappa shape index (κ3) is 3.64. The number of halogens is 2. The summed E-state index contributed by atoms with van der Waals surface area (Å²) in [5.74, 6) is -0.535. The predicted molar refractivity (Wildman–Crippen MR) is 97.0 cm³/mol.